The Kier molecular flexibility index (Phi) is 7.31. The summed E-state index contributed by atoms with van der Waals surface area (Å²) in [5.74, 6) is 0.963. The van der Waals surface area contributed by atoms with E-state index in [9.17, 15) is 4.79 Å². The highest BCUT2D eigenvalue weighted by Crippen LogP contribution is 2.17. The lowest BCUT2D eigenvalue weighted by Gasteiger charge is -2.12. The Labute approximate surface area is 171 Å². The summed E-state index contributed by atoms with van der Waals surface area (Å²) in [5.41, 5.74) is 4.58. The van der Waals surface area contributed by atoms with Gasteiger partial charge in [0.2, 0.25) is 5.91 Å². The summed E-state index contributed by atoms with van der Waals surface area (Å²) in [6.45, 7) is 4.69. The van der Waals surface area contributed by atoms with Crippen LogP contribution in [0.5, 0.6) is 0 Å². The Morgan fingerprint density at radius 2 is 1.79 bits per heavy atom. The third kappa shape index (κ3) is 5.73. The number of nitrogens with one attached hydrogen (secondary N) is 1. The Morgan fingerprint density at radius 3 is 2.50 bits per heavy atom. The number of benzene rings is 2. The van der Waals surface area contributed by atoms with E-state index >= 15 is 0 Å². The number of amides is 1. The van der Waals surface area contributed by atoms with Crippen LogP contribution in [0.4, 0.5) is 0 Å². The molecule has 0 aliphatic carbocycles. The van der Waals surface area contributed by atoms with Crippen LogP contribution < -0.4 is 5.32 Å². The van der Waals surface area contributed by atoms with Gasteiger partial charge in [-0.15, -0.1) is 11.8 Å². The maximum Gasteiger partial charge on any atom is 0.232 e. The molecule has 146 valence electrons. The first-order chi connectivity index (χ1) is 13.6. The van der Waals surface area contributed by atoms with Crippen molar-refractivity contribution in [3.63, 3.8) is 0 Å². The van der Waals surface area contributed by atoms with Crippen molar-refractivity contribution in [3.8, 4) is 5.69 Å². The molecule has 4 nitrogen and oxygen atoms in total. The molecule has 0 aliphatic heterocycles. The maximum absolute atomic E-state index is 12.3. The number of hydrogen-bond acceptors (Lipinski definition) is 3. The molecule has 0 radical (unpaired) electrons. The average molecular weight is 394 g/mol. The fourth-order valence-corrected chi connectivity index (χ4v) is 3.83. The monoisotopic (exact) mass is 393 g/mol. The number of aromatic nitrogens is 2. The third-order valence-electron chi connectivity index (χ3n) is 4.66. The summed E-state index contributed by atoms with van der Waals surface area (Å²) in [4.78, 5) is 12.3. The van der Waals surface area contributed by atoms with Crippen LogP contribution in [-0.2, 0) is 17.0 Å². The first-order valence-corrected chi connectivity index (χ1v) is 10.7. The van der Waals surface area contributed by atoms with Crippen LogP contribution in [0.25, 0.3) is 5.69 Å². The van der Waals surface area contributed by atoms with Crippen molar-refractivity contribution in [2.75, 3.05) is 6.54 Å². The number of hydrogen-bond donors (Lipinski definition) is 1. The van der Waals surface area contributed by atoms with E-state index in [4.69, 9.17) is 0 Å². The van der Waals surface area contributed by atoms with E-state index in [0.29, 0.717) is 6.54 Å². The van der Waals surface area contributed by atoms with Gasteiger partial charge in [-0.05, 0) is 49.9 Å². The van der Waals surface area contributed by atoms with Gasteiger partial charge in [0.25, 0.3) is 0 Å². The summed E-state index contributed by atoms with van der Waals surface area (Å²) in [5, 5.41) is 7.61. The van der Waals surface area contributed by atoms with Gasteiger partial charge in [0.1, 0.15) is 0 Å². The van der Waals surface area contributed by atoms with E-state index in [1.54, 1.807) is 11.8 Å². The summed E-state index contributed by atoms with van der Waals surface area (Å²) in [6.07, 6.45) is 3.90. The van der Waals surface area contributed by atoms with Crippen molar-refractivity contribution in [3.05, 3.63) is 83.7 Å². The fourth-order valence-electron chi connectivity index (χ4n) is 2.96. The summed E-state index contributed by atoms with van der Waals surface area (Å²) in [7, 11) is 0. The van der Waals surface area contributed by atoms with Gasteiger partial charge >= 0.3 is 0 Å². The van der Waals surface area contributed by atoms with Gasteiger partial charge in [0.15, 0.2) is 0 Å². The SMILES string of the molecule is Cc1nn(-c2ccccc2)cc1CCCNC(=O)C(C)SCc1ccccc1. The molecule has 5 heteroatoms. The van der Waals surface area contributed by atoms with Crippen LogP contribution in [0.3, 0.4) is 0 Å². The Balaban J connectivity index is 1.40. The number of thioether (sulfide) groups is 1. The van der Waals surface area contributed by atoms with Crippen molar-refractivity contribution >= 4 is 17.7 Å². The minimum Gasteiger partial charge on any atom is -0.355 e. The number of para-hydroxylation sites is 1. The van der Waals surface area contributed by atoms with Crippen LogP contribution in [0.2, 0.25) is 0 Å². The molecule has 0 fully saturated rings. The van der Waals surface area contributed by atoms with E-state index in [0.717, 1.165) is 30.0 Å². The smallest absolute Gasteiger partial charge is 0.232 e. The quantitative estimate of drug-likeness (QED) is 0.543. The molecule has 3 aromatic rings. The molecule has 1 aromatic heterocycles. The molecule has 28 heavy (non-hydrogen) atoms. The molecule has 0 spiro atoms. The molecule has 0 bridgehead atoms. The highest BCUT2D eigenvalue weighted by atomic mass is 32.2. The number of aryl methyl sites for hydroxylation is 2. The zero-order valence-corrected chi connectivity index (χ0v) is 17.3. The van der Waals surface area contributed by atoms with E-state index in [-0.39, 0.29) is 11.2 Å². The number of carbonyl (C=O) groups is 1. The summed E-state index contributed by atoms with van der Waals surface area (Å²) < 4.78 is 1.92. The van der Waals surface area contributed by atoms with E-state index in [2.05, 4.69) is 28.7 Å². The van der Waals surface area contributed by atoms with Crippen LogP contribution in [0.1, 0.15) is 30.2 Å². The molecular weight excluding hydrogens is 366 g/mol. The molecule has 3 rings (SSSR count). The van der Waals surface area contributed by atoms with Crippen molar-refractivity contribution < 1.29 is 4.79 Å². The molecule has 0 saturated carbocycles. The van der Waals surface area contributed by atoms with Crippen molar-refractivity contribution in [1.82, 2.24) is 15.1 Å². The van der Waals surface area contributed by atoms with Gasteiger partial charge in [-0.2, -0.15) is 5.10 Å². The summed E-state index contributed by atoms with van der Waals surface area (Å²) >= 11 is 1.67. The standard InChI is InChI=1S/C23H27N3OS/c1-18-21(16-26(25-18)22-13-7-4-8-14-22)12-9-15-24-23(27)19(2)28-17-20-10-5-3-6-11-20/h3-8,10-11,13-14,16,19H,9,12,15,17H2,1-2H3,(H,24,27). The third-order valence-corrected chi connectivity index (χ3v) is 5.87. The summed E-state index contributed by atoms with van der Waals surface area (Å²) in [6, 6.07) is 20.4. The van der Waals surface area contributed by atoms with Crippen LogP contribution in [0, 0.1) is 6.92 Å². The van der Waals surface area contributed by atoms with E-state index in [1.165, 1.54) is 11.1 Å². The number of carbonyl (C=O) groups excluding carboxylic acids is 1. The second-order valence-electron chi connectivity index (χ2n) is 6.85. The van der Waals surface area contributed by atoms with Crippen LogP contribution in [-0.4, -0.2) is 27.5 Å². The molecule has 0 aliphatic rings. The lowest BCUT2D eigenvalue weighted by Crippen LogP contribution is -2.31. The normalized spacial score (nSPS) is 11.9. The fraction of sp³-hybridized carbons (Fsp3) is 0.304. The molecule has 1 unspecified atom stereocenters. The minimum absolute atomic E-state index is 0.0530. The van der Waals surface area contributed by atoms with E-state index < -0.39 is 0 Å². The predicted octanol–water partition coefficient (Wildman–Crippen LogP) is 4.55. The molecule has 1 N–H and O–H groups in total. The number of nitrogens with zero attached hydrogens (tertiary/aromatic N) is 2. The van der Waals surface area contributed by atoms with Crippen molar-refractivity contribution in [1.29, 1.82) is 0 Å². The van der Waals surface area contributed by atoms with Gasteiger partial charge in [-0.25, -0.2) is 4.68 Å². The van der Waals surface area contributed by atoms with Gasteiger partial charge in [-0.3, -0.25) is 4.79 Å². The van der Waals surface area contributed by atoms with Crippen molar-refractivity contribution in [2.24, 2.45) is 0 Å². The van der Waals surface area contributed by atoms with E-state index in [1.807, 2.05) is 67.1 Å². The van der Waals surface area contributed by atoms with Crippen LogP contribution in [0.15, 0.2) is 66.9 Å². The zero-order chi connectivity index (χ0) is 19.8. The minimum atomic E-state index is -0.0530. The zero-order valence-electron chi connectivity index (χ0n) is 16.5. The highest BCUT2D eigenvalue weighted by Gasteiger charge is 2.13. The van der Waals surface area contributed by atoms with Gasteiger partial charge in [-0.1, -0.05) is 48.5 Å². The van der Waals surface area contributed by atoms with Gasteiger partial charge < -0.3 is 5.32 Å². The molecule has 1 atom stereocenters. The Hall–Kier alpha value is -2.53. The van der Waals surface area contributed by atoms with Gasteiger partial charge in [0, 0.05) is 18.5 Å². The van der Waals surface area contributed by atoms with Crippen LogP contribution >= 0.6 is 11.8 Å². The van der Waals surface area contributed by atoms with Crippen molar-refractivity contribution in [2.45, 2.75) is 37.7 Å². The second-order valence-corrected chi connectivity index (χ2v) is 8.18. The molecule has 2 aromatic carbocycles. The lowest BCUT2D eigenvalue weighted by atomic mass is 10.1. The number of rotatable bonds is 9. The largest absolute Gasteiger partial charge is 0.355 e. The van der Waals surface area contributed by atoms with Gasteiger partial charge in [0.05, 0.1) is 16.6 Å². The highest BCUT2D eigenvalue weighted by molar-refractivity contribution is 7.99. The Bertz CT molecular complexity index is 877. The first kappa shape index (κ1) is 20.2. The second kappa shape index (κ2) is 10.1. The Morgan fingerprint density at radius 1 is 1.11 bits per heavy atom. The first-order valence-electron chi connectivity index (χ1n) is 9.67. The predicted molar refractivity (Wildman–Crippen MR) is 117 cm³/mol. The molecule has 0 saturated heterocycles. The maximum atomic E-state index is 12.3. The molecule has 1 heterocycles. The molecular formula is C23H27N3OS. The topological polar surface area (TPSA) is 46.9 Å². The molecule has 1 amide bonds. The average Bonchev–Trinajstić information content (AvgIpc) is 3.11. The lowest BCUT2D eigenvalue weighted by molar-refractivity contribution is -0.120.